The third-order valence-electron chi connectivity index (χ3n) is 3.76. The van der Waals surface area contributed by atoms with E-state index in [0.29, 0.717) is 5.41 Å². The zero-order valence-electron chi connectivity index (χ0n) is 9.34. The van der Waals surface area contributed by atoms with Crippen molar-refractivity contribution >= 4 is 0 Å². The summed E-state index contributed by atoms with van der Waals surface area (Å²) in [7, 11) is 0. The van der Waals surface area contributed by atoms with Gasteiger partial charge in [0, 0.05) is 0 Å². The fourth-order valence-electron chi connectivity index (χ4n) is 2.47. The third kappa shape index (κ3) is 1.84. The van der Waals surface area contributed by atoms with E-state index in [1.54, 1.807) is 11.1 Å². The lowest BCUT2D eigenvalue weighted by molar-refractivity contribution is 0.341. The fraction of sp³-hybridized carbons (Fsp3) is 0.571. The molecular weight excluding hydrogens is 168 g/mol. The van der Waals surface area contributed by atoms with Gasteiger partial charge in [0.25, 0.3) is 0 Å². The highest BCUT2D eigenvalue weighted by Crippen LogP contribution is 2.43. The highest BCUT2D eigenvalue weighted by Gasteiger charge is 2.29. The first-order valence-electron chi connectivity index (χ1n) is 5.72. The van der Waals surface area contributed by atoms with Gasteiger partial charge in [-0.3, -0.25) is 0 Å². The van der Waals surface area contributed by atoms with E-state index in [9.17, 15) is 0 Å². The lowest BCUT2D eigenvalue weighted by Gasteiger charge is -2.35. The highest BCUT2D eigenvalue weighted by atomic mass is 14.3. The van der Waals surface area contributed by atoms with Crippen molar-refractivity contribution in [2.75, 3.05) is 0 Å². The van der Waals surface area contributed by atoms with Gasteiger partial charge in [0.05, 0.1) is 0 Å². The molecule has 1 unspecified atom stereocenters. The van der Waals surface area contributed by atoms with Gasteiger partial charge in [-0.15, -0.1) is 0 Å². The molecule has 0 fully saturated rings. The Bertz CT molecular complexity index is 304. The quantitative estimate of drug-likeness (QED) is 0.535. The monoisotopic (exact) mass is 188 g/mol. The number of allylic oxidation sites excluding steroid dienone is 6. The summed E-state index contributed by atoms with van der Waals surface area (Å²) >= 11 is 0. The van der Waals surface area contributed by atoms with Crippen LogP contribution < -0.4 is 0 Å². The van der Waals surface area contributed by atoms with Gasteiger partial charge in [-0.05, 0) is 44.4 Å². The fourth-order valence-corrected chi connectivity index (χ4v) is 2.47. The number of rotatable bonds is 1. The standard InChI is InChI=1S/C14H20/c1-12-8-10-14(2,11-9-12)13-6-4-3-5-7-13/h3-4,6,8H,5,7,9-11H2,1-2H3. The highest BCUT2D eigenvalue weighted by molar-refractivity contribution is 5.26. The van der Waals surface area contributed by atoms with Gasteiger partial charge >= 0.3 is 0 Å². The Hall–Kier alpha value is -0.780. The van der Waals surface area contributed by atoms with E-state index in [1.807, 2.05) is 0 Å². The van der Waals surface area contributed by atoms with E-state index in [2.05, 4.69) is 38.2 Å². The van der Waals surface area contributed by atoms with Crippen LogP contribution in [-0.4, -0.2) is 0 Å². The molecule has 1 atom stereocenters. The summed E-state index contributed by atoms with van der Waals surface area (Å²) in [5.74, 6) is 0. The zero-order chi connectivity index (χ0) is 10.0. The van der Waals surface area contributed by atoms with Crippen LogP contribution in [0.1, 0.15) is 46.0 Å². The van der Waals surface area contributed by atoms with Crippen molar-refractivity contribution in [1.29, 1.82) is 0 Å². The van der Waals surface area contributed by atoms with Crippen LogP contribution in [-0.2, 0) is 0 Å². The van der Waals surface area contributed by atoms with Crippen molar-refractivity contribution in [3.63, 3.8) is 0 Å². The minimum Gasteiger partial charge on any atom is -0.0847 e. The van der Waals surface area contributed by atoms with Crippen LogP contribution in [0.2, 0.25) is 0 Å². The summed E-state index contributed by atoms with van der Waals surface area (Å²) in [6.45, 7) is 4.69. The van der Waals surface area contributed by atoms with Crippen molar-refractivity contribution in [2.45, 2.75) is 46.0 Å². The van der Waals surface area contributed by atoms with Crippen LogP contribution in [0.25, 0.3) is 0 Å². The second-order valence-electron chi connectivity index (χ2n) is 4.97. The molecule has 0 saturated heterocycles. The molecule has 76 valence electrons. The first-order valence-corrected chi connectivity index (χ1v) is 5.72. The lowest BCUT2D eigenvalue weighted by atomic mass is 9.69. The van der Waals surface area contributed by atoms with Gasteiger partial charge in [0.2, 0.25) is 0 Å². The average molecular weight is 188 g/mol. The average Bonchev–Trinajstić information content (AvgIpc) is 2.24. The Labute approximate surface area is 87.4 Å². The van der Waals surface area contributed by atoms with Gasteiger partial charge in [0.15, 0.2) is 0 Å². The maximum Gasteiger partial charge on any atom is -0.00756 e. The summed E-state index contributed by atoms with van der Waals surface area (Å²) < 4.78 is 0. The van der Waals surface area contributed by atoms with Crippen LogP contribution in [0.3, 0.4) is 0 Å². The van der Waals surface area contributed by atoms with Crippen molar-refractivity contribution in [3.05, 3.63) is 35.5 Å². The molecule has 0 aromatic carbocycles. The van der Waals surface area contributed by atoms with Crippen molar-refractivity contribution < 1.29 is 0 Å². The first-order chi connectivity index (χ1) is 6.71. The SMILES string of the molecule is CC1=CCC(C)(C2=CC=CCC2)CC1. The van der Waals surface area contributed by atoms with Gasteiger partial charge < -0.3 is 0 Å². The number of hydrogen-bond acceptors (Lipinski definition) is 0. The Morgan fingerprint density at radius 3 is 2.71 bits per heavy atom. The minimum atomic E-state index is 0.463. The van der Waals surface area contributed by atoms with Crippen LogP contribution in [0.5, 0.6) is 0 Å². The predicted octanol–water partition coefficient (Wildman–Crippen LogP) is 4.40. The van der Waals surface area contributed by atoms with Gasteiger partial charge in [-0.25, -0.2) is 0 Å². The molecule has 0 spiro atoms. The Balaban J connectivity index is 2.16. The Morgan fingerprint density at radius 2 is 2.14 bits per heavy atom. The lowest BCUT2D eigenvalue weighted by Crippen LogP contribution is -2.22. The molecule has 0 saturated carbocycles. The molecule has 2 rings (SSSR count). The molecule has 0 aromatic heterocycles. The van der Waals surface area contributed by atoms with Crippen LogP contribution in [0.4, 0.5) is 0 Å². The summed E-state index contributed by atoms with van der Waals surface area (Å²) in [5, 5.41) is 0. The molecule has 0 radical (unpaired) electrons. The summed E-state index contributed by atoms with van der Waals surface area (Å²) in [6, 6.07) is 0. The second-order valence-corrected chi connectivity index (χ2v) is 4.97. The molecule has 0 amide bonds. The van der Waals surface area contributed by atoms with Crippen molar-refractivity contribution in [1.82, 2.24) is 0 Å². The van der Waals surface area contributed by atoms with Crippen LogP contribution >= 0.6 is 0 Å². The topological polar surface area (TPSA) is 0 Å². The van der Waals surface area contributed by atoms with E-state index in [0.717, 1.165) is 0 Å². The molecule has 0 aromatic rings. The Morgan fingerprint density at radius 1 is 1.29 bits per heavy atom. The third-order valence-corrected chi connectivity index (χ3v) is 3.76. The summed E-state index contributed by atoms with van der Waals surface area (Å²) in [5.41, 5.74) is 3.71. The molecular formula is C14H20. The van der Waals surface area contributed by atoms with E-state index >= 15 is 0 Å². The van der Waals surface area contributed by atoms with Crippen molar-refractivity contribution in [2.24, 2.45) is 5.41 Å². The molecule has 2 aliphatic rings. The van der Waals surface area contributed by atoms with Crippen LogP contribution in [0, 0.1) is 5.41 Å². The maximum atomic E-state index is 2.43. The van der Waals surface area contributed by atoms with Crippen molar-refractivity contribution in [3.8, 4) is 0 Å². The molecule has 0 bridgehead atoms. The second kappa shape index (κ2) is 3.76. The molecule has 14 heavy (non-hydrogen) atoms. The molecule has 0 aliphatic heterocycles. The smallest absolute Gasteiger partial charge is 0.00756 e. The largest absolute Gasteiger partial charge is 0.0847 e. The normalized spacial score (nSPS) is 32.4. The molecule has 0 N–H and O–H groups in total. The predicted molar refractivity (Wildman–Crippen MR) is 62.2 cm³/mol. The maximum absolute atomic E-state index is 2.43. The van der Waals surface area contributed by atoms with Gasteiger partial charge in [-0.2, -0.15) is 0 Å². The van der Waals surface area contributed by atoms with E-state index in [1.165, 1.54) is 32.1 Å². The summed E-state index contributed by atoms with van der Waals surface area (Å²) in [4.78, 5) is 0. The Kier molecular flexibility index (Phi) is 2.62. The molecule has 0 heterocycles. The van der Waals surface area contributed by atoms with Gasteiger partial charge in [0.1, 0.15) is 0 Å². The van der Waals surface area contributed by atoms with E-state index in [-0.39, 0.29) is 0 Å². The van der Waals surface area contributed by atoms with Crippen LogP contribution in [0.15, 0.2) is 35.5 Å². The molecule has 0 nitrogen and oxygen atoms in total. The van der Waals surface area contributed by atoms with E-state index < -0.39 is 0 Å². The summed E-state index contributed by atoms with van der Waals surface area (Å²) in [6.07, 6.45) is 15.7. The van der Waals surface area contributed by atoms with Gasteiger partial charge in [-0.1, -0.05) is 42.4 Å². The minimum absolute atomic E-state index is 0.463. The van der Waals surface area contributed by atoms with E-state index in [4.69, 9.17) is 0 Å². The first kappa shape index (κ1) is 9.76. The molecule has 0 heteroatoms. The zero-order valence-corrected chi connectivity index (χ0v) is 9.34. The molecule has 2 aliphatic carbocycles. The number of hydrogen-bond donors (Lipinski definition) is 0.